The third kappa shape index (κ3) is 6.40. The number of likely N-dealkylation sites (tertiary alicyclic amines) is 1. The molecule has 1 aromatic heterocycles. The quantitative estimate of drug-likeness (QED) is 0.599. The average molecular weight is 422 g/mol. The van der Waals surface area contributed by atoms with E-state index in [4.69, 9.17) is 5.73 Å². The Morgan fingerprint density at radius 1 is 1.14 bits per heavy atom. The molecule has 8 heteroatoms. The van der Waals surface area contributed by atoms with Crippen molar-refractivity contribution < 1.29 is 9.59 Å². The standard InChI is InChI=1S/C21H35N5O2S/c1-15(26-10-6-3-7-11-26)19(27)24-14-18(16-8-4-2-5-9-16)20(28)23-12-17-13-25-21(22)29-17/h13,15-16,18H,2-12,14H2,1H3,(H2,22,25)(H,23,28)(H,24,27)/t15-,18+/m1/s1. The summed E-state index contributed by atoms with van der Waals surface area (Å²) in [6.07, 6.45) is 11.0. The molecule has 1 saturated carbocycles. The van der Waals surface area contributed by atoms with Gasteiger partial charge in [-0.15, -0.1) is 11.3 Å². The molecule has 0 radical (unpaired) electrons. The van der Waals surface area contributed by atoms with Gasteiger partial charge in [-0.25, -0.2) is 4.98 Å². The topological polar surface area (TPSA) is 100 Å². The van der Waals surface area contributed by atoms with E-state index in [0.717, 1.165) is 56.5 Å². The Labute approximate surface area is 177 Å². The summed E-state index contributed by atoms with van der Waals surface area (Å²) in [4.78, 5) is 33.0. The van der Waals surface area contributed by atoms with Crippen LogP contribution in [0.1, 0.15) is 63.2 Å². The summed E-state index contributed by atoms with van der Waals surface area (Å²) in [7, 11) is 0. The molecule has 4 N–H and O–H groups in total. The number of hydrogen-bond acceptors (Lipinski definition) is 6. The summed E-state index contributed by atoms with van der Waals surface area (Å²) in [6.45, 7) is 4.80. The van der Waals surface area contributed by atoms with Crippen molar-refractivity contribution in [3.8, 4) is 0 Å². The van der Waals surface area contributed by atoms with Crippen LogP contribution >= 0.6 is 11.3 Å². The fourth-order valence-corrected chi connectivity index (χ4v) is 5.17. The second-order valence-corrected chi connectivity index (χ2v) is 9.55. The summed E-state index contributed by atoms with van der Waals surface area (Å²) >= 11 is 1.39. The molecular formula is C21H35N5O2S. The van der Waals surface area contributed by atoms with Crippen LogP contribution in [0.2, 0.25) is 0 Å². The van der Waals surface area contributed by atoms with Crippen LogP contribution < -0.4 is 16.4 Å². The smallest absolute Gasteiger partial charge is 0.237 e. The number of nitrogens with zero attached hydrogens (tertiary/aromatic N) is 2. The number of carbonyl (C=O) groups is 2. The maximum Gasteiger partial charge on any atom is 0.237 e. The largest absolute Gasteiger partial charge is 0.375 e. The van der Waals surface area contributed by atoms with Crippen molar-refractivity contribution >= 4 is 28.3 Å². The van der Waals surface area contributed by atoms with Gasteiger partial charge in [0.2, 0.25) is 11.8 Å². The molecule has 0 unspecified atom stereocenters. The Balaban J connectivity index is 1.55. The highest BCUT2D eigenvalue weighted by Crippen LogP contribution is 2.30. The lowest BCUT2D eigenvalue weighted by molar-refractivity contribution is -0.129. The Morgan fingerprint density at radius 3 is 2.48 bits per heavy atom. The van der Waals surface area contributed by atoms with E-state index in [2.05, 4.69) is 20.5 Å². The van der Waals surface area contributed by atoms with E-state index in [0.29, 0.717) is 24.1 Å². The number of amides is 2. The van der Waals surface area contributed by atoms with Crippen LogP contribution in [0.15, 0.2) is 6.20 Å². The zero-order valence-electron chi connectivity index (χ0n) is 17.5. The molecule has 29 heavy (non-hydrogen) atoms. The maximum atomic E-state index is 13.0. The molecule has 2 aliphatic rings. The van der Waals surface area contributed by atoms with Gasteiger partial charge in [0, 0.05) is 17.6 Å². The van der Waals surface area contributed by atoms with Crippen LogP contribution in [0, 0.1) is 11.8 Å². The van der Waals surface area contributed by atoms with Gasteiger partial charge in [-0.3, -0.25) is 14.5 Å². The number of piperidine rings is 1. The lowest BCUT2D eigenvalue weighted by Gasteiger charge is -2.33. The molecule has 2 fully saturated rings. The van der Waals surface area contributed by atoms with Crippen LogP contribution in [-0.4, -0.2) is 47.4 Å². The van der Waals surface area contributed by atoms with Crippen LogP contribution in [0.4, 0.5) is 5.13 Å². The molecule has 1 aromatic rings. The third-order valence-corrected chi connectivity index (χ3v) is 7.20. The van der Waals surface area contributed by atoms with Crippen LogP contribution in [-0.2, 0) is 16.1 Å². The fourth-order valence-electron chi connectivity index (χ4n) is 4.55. The molecule has 1 aliphatic carbocycles. The number of nitrogens with two attached hydrogens (primary N) is 1. The SMILES string of the molecule is C[C@H](C(=O)NC[C@H](C(=O)NCc1cnc(N)s1)C1CCCCC1)N1CCCCC1. The minimum absolute atomic E-state index is 0.0230. The highest BCUT2D eigenvalue weighted by Gasteiger charge is 2.31. The number of thiazole rings is 1. The van der Waals surface area contributed by atoms with Crippen molar-refractivity contribution in [2.24, 2.45) is 11.8 Å². The molecule has 0 bridgehead atoms. The predicted molar refractivity (Wildman–Crippen MR) is 116 cm³/mol. The van der Waals surface area contributed by atoms with E-state index < -0.39 is 0 Å². The second kappa shape index (κ2) is 10.9. The molecule has 162 valence electrons. The van der Waals surface area contributed by atoms with Gasteiger partial charge in [0.1, 0.15) is 0 Å². The number of hydrogen-bond donors (Lipinski definition) is 3. The molecule has 7 nitrogen and oxygen atoms in total. The monoisotopic (exact) mass is 421 g/mol. The van der Waals surface area contributed by atoms with E-state index in [9.17, 15) is 9.59 Å². The summed E-state index contributed by atoms with van der Waals surface area (Å²) in [5.41, 5.74) is 5.68. The Bertz CT molecular complexity index is 668. The fraction of sp³-hybridized carbons (Fsp3) is 0.762. The highest BCUT2D eigenvalue weighted by atomic mass is 32.1. The second-order valence-electron chi connectivity index (χ2n) is 8.40. The van der Waals surface area contributed by atoms with Gasteiger partial charge < -0.3 is 16.4 Å². The number of nitrogens with one attached hydrogen (secondary N) is 2. The lowest BCUT2D eigenvalue weighted by Crippen LogP contribution is -2.50. The minimum Gasteiger partial charge on any atom is -0.375 e. The van der Waals surface area contributed by atoms with Crippen LogP contribution in [0.5, 0.6) is 0 Å². The molecule has 0 aromatic carbocycles. The first-order valence-electron chi connectivity index (χ1n) is 11.0. The molecule has 2 amide bonds. The third-order valence-electron chi connectivity index (χ3n) is 6.38. The number of anilines is 1. The first-order valence-corrected chi connectivity index (χ1v) is 11.9. The summed E-state index contributed by atoms with van der Waals surface area (Å²) in [5.74, 6) is 0.212. The number of aromatic nitrogens is 1. The van der Waals surface area contributed by atoms with E-state index in [1.54, 1.807) is 6.20 Å². The van der Waals surface area contributed by atoms with Crippen LogP contribution in [0.3, 0.4) is 0 Å². The zero-order chi connectivity index (χ0) is 20.6. The normalized spacial score (nSPS) is 20.7. The van der Waals surface area contributed by atoms with Crippen molar-refractivity contribution in [1.29, 1.82) is 0 Å². The van der Waals surface area contributed by atoms with Crippen molar-refractivity contribution in [1.82, 2.24) is 20.5 Å². The maximum absolute atomic E-state index is 13.0. The zero-order valence-corrected chi connectivity index (χ0v) is 18.3. The molecule has 0 spiro atoms. The average Bonchev–Trinajstić information content (AvgIpc) is 3.18. The first kappa shape index (κ1) is 22.0. The molecule has 2 atom stereocenters. The summed E-state index contributed by atoms with van der Waals surface area (Å²) in [5, 5.41) is 6.64. The highest BCUT2D eigenvalue weighted by molar-refractivity contribution is 7.15. The molecule has 1 saturated heterocycles. The van der Waals surface area contributed by atoms with Gasteiger partial charge in [-0.1, -0.05) is 25.7 Å². The van der Waals surface area contributed by atoms with Gasteiger partial charge in [0.05, 0.1) is 18.5 Å². The van der Waals surface area contributed by atoms with E-state index in [-0.39, 0.29) is 23.8 Å². The van der Waals surface area contributed by atoms with Gasteiger partial charge in [-0.2, -0.15) is 0 Å². The predicted octanol–water partition coefficient (Wildman–Crippen LogP) is 2.53. The van der Waals surface area contributed by atoms with Gasteiger partial charge in [0.15, 0.2) is 5.13 Å². The van der Waals surface area contributed by atoms with Gasteiger partial charge >= 0.3 is 0 Å². The molecule has 2 heterocycles. The lowest BCUT2D eigenvalue weighted by atomic mass is 9.79. The van der Waals surface area contributed by atoms with E-state index in [1.165, 1.54) is 24.2 Å². The number of rotatable bonds is 8. The van der Waals surface area contributed by atoms with Crippen molar-refractivity contribution in [3.63, 3.8) is 0 Å². The van der Waals surface area contributed by atoms with Crippen molar-refractivity contribution in [3.05, 3.63) is 11.1 Å². The Hall–Kier alpha value is -1.67. The minimum atomic E-state index is -0.182. The summed E-state index contributed by atoms with van der Waals surface area (Å²) < 4.78 is 0. The first-order chi connectivity index (χ1) is 14.0. The summed E-state index contributed by atoms with van der Waals surface area (Å²) in [6, 6.07) is -0.134. The van der Waals surface area contributed by atoms with E-state index in [1.807, 2.05) is 6.92 Å². The number of nitrogen functional groups attached to an aromatic ring is 1. The molecular weight excluding hydrogens is 386 g/mol. The Morgan fingerprint density at radius 2 is 1.83 bits per heavy atom. The van der Waals surface area contributed by atoms with Gasteiger partial charge in [-0.05, 0) is 51.6 Å². The molecule has 3 rings (SSSR count). The Kier molecular flexibility index (Phi) is 8.29. The number of carbonyl (C=O) groups excluding carboxylic acids is 2. The van der Waals surface area contributed by atoms with Crippen molar-refractivity contribution in [2.45, 2.75) is 70.9 Å². The molecule has 1 aliphatic heterocycles. The van der Waals surface area contributed by atoms with Gasteiger partial charge in [0.25, 0.3) is 0 Å². The van der Waals surface area contributed by atoms with Crippen LogP contribution in [0.25, 0.3) is 0 Å². The van der Waals surface area contributed by atoms with Crippen molar-refractivity contribution in [2.75, 3.05) is 25.4 Å². The van der Waals surface area contributed by atoms with E-state index >= 15 is 0 Å².